The maximum atomic E-state index is 5.76. The van der Waals surface area contributed by atoms with E-state index in [1.807, 2.05) is 18.2 Å². The molecule has 0 amide bonds. The molecule has 0 unspecified atom stereocenters. The maximum Gasteiger partial charge on any atom is 0.139 e. The summed E-state index contributed by atoms with van der Waals surface area (Å²) in [6.45, 7) is 5.35. The third kappa shape index (κ3) is 2.46. The van der Waals surface area contributed by atoms with Gasteiger partial charge in [0.25, 0.3) is 0 Å². The molecule has 2 aromatic rings. The van der Waals surface area contributed by atoms with Crippen LogP contribution in [0.3, 0.4) is 0 Å². The molecule has 0 fully saturated rings. The number of nitrogen functional groups attached to an aromatic ring is 1. The Bertz CT molecular complexity index is 522. The van der Waals surface area contributed by atoms with E-state index in [0.717, 1.165) is 29.0 Å². The molecule has 0 aliphatic heterocycles. The van der Waals surface area contributed by atoms with Crippen molar-refractivity contribution in [1.29, 1.82) is 0 Å². The highest BCUT2D eigenvalue weighted by Crippen LogP contribution is 2.24. The van der Waals surface area contributed by atoms with Gasteiger partial charge in [0.1, 0.15) is 12.1 Å². The summed E-state index contributed by atoms with van der Waals surface area (Å²) in [6.07, 6.45) is 1.59. The van der Waals surface area contributed by atoms with E-state index in [2.05, 4.69) is 35.8 Å². The molecule has 2 rings (SSSR count). The topological polar surface area (TPSA) is 55.0 Å². The summed E-state index contributed by atoms with van der Waals surface area (Å²) in [5.74, 6) is 1.56. The lowest BCUT2D eigenvalue weighted by Crippen LogP contribution is -2.23. The zero-order valence-electron chi connectivity index (χ0n) is 10.5. The van der Waals surface area contributed by atoms with Crippen LogP contribution in [-0.4, -0.2) is 23.6 Å². The second kappa shape index (κ2) is 4.57. The normalized spacial score (nSPS) is 11.1. The highest BCUT2D eigenvalue weighted by molar-refractivity contribution is 5.91. The molecule has 2 N–H and O–H groups in total. The fourth-order valence-corrected chi connectivity index (χ4v) is 2.00. The van der Waals surface area contributed by atoms with Gasteiger partial charge in [-0.25, -0.2) is 9.97 Å². The molecule has 90 valence electrons. The Kier molecular flexibility index (Phi) is 3.13. The first-order valence-electron chi connectivity index (χ1n) is 5.79. The summed E-state index contributed by atoms with van der Waals surface area (Å²) in [4.78, 5) is 10.8. The number of fused-ring (bicyclic) bond motifs is 1. The molecule has 1 aromatic heterocycles. The van der Waals surface area contributed by atoms with Gasteiger partial charge in [-0.15, -0.1) is 0 Å². The quantitative estimate of drug-likeness (QED) is 0.822. The minimum Gasteiger partial charge on any atom is -0.399 e. The smallest absolute Gasteiger partial charge is 0.139 e. The standard InChI is InChI=1S/C13H18N4/c1-9(2)7-17(3)13-11-5-4-10(14)6-12(11)15-8-16-13/h4-6,8-9H,7,14H2,1-3H3. The van der Waals surface area contributed by atoms with Gasteiger partial charge >= 0.3 is 0 Å². The van der Waals surface area contributed by atoms with Crippen LogP contribution in [0.2, 0.25) is 0 Å². The van der Waals surface area contributed by atoms with E-state index in [9.17, 15) is 0 Å². The fourth-order valence-electron chi connectivity index (χ4n) is 2.00. The van der Waals surface area contributed by atoms with E-state index >= 15 is 0 Å². The summed E-state index contributed by atoms with van der Waals surface area (Å²) in [5.41, 5.74) is 7.38. The van der Waals surface area contributed by atoms with Gasteiger partial charge in [0.05, 0.1) is 5.52 Å². The average Bonchev–Trinajstić information content (AvgIpc) is 2.26. The minimum atomic E-state index is 0.596. The van der Waals surface area contributed by atoms with Crippen LogP contribution in [0, 0.1) is 5.92 Å². The van der Waals surface area contributed by atoms with Gasteiger partial charge in [-0.2, -0.15) is 0 Å². The largest absolute Gasteiger partial charge is 0.399 e. The third-order valence-electron chi connectivity index (χ3n) is 2.64. The van der Waals surface area contributed by atoms with Gasteiger partial charge in [0, 0.05) is 24.7 Å². The van der Waals surface area contributed by atoms with Crippen molar-refractivity contribution in [3.8, 4) is 0 Å². The number of aromatic nitrogens is 2. The predicted octanol–water partition coefficient (Wildman–Crippen LogP) is 2.30. The number of nitrogens with zero attached hydrogens (tertiary/aromatic N) is 3. The zero-order valence-corrected chi connectivity index (χ0v) is 10.5. The molecular formula is C13H18N4. The number of nitrogens with two attached hydrogens (primary N) is 1. The van der Waals surface area contributed by atoms with Gasteiger partial charge < -0.3 is 10.6 Å². The van der Waals surface area contributed by atoms with Crippen molar-refractivity contribution in [3.63, 3.8) is 0 Å². The van der Waals surface area contributed by atoms with E-state index < -0.39 is 0 Å². The van der Waals surface area contributed by atoms with Crippen molar-refractivity contribution >= 4 is 22.4 Å². The Morgan fingerprint density at radius 3 is 2.76 bits per heavy atom. The first-order valence-corrected chi connectivity index (χ1v) is 5.79. The Morgan fingerprint density at radius 2 is 2.06 bits per heavy atom. The Balaban J connectivity index is 2.47. The Hall–Kier alpha value is -1.84. The monoisotopic (exact) mass is 230 g/mol. The van der Waals surface area contributed by atoms with Crippen LogP contribution in [0.5, 0.6) is 0 Å². The summed E-state index contributed by atoms with van der Waals surface area (Å²) in [7, 11) is 2.05. The lowest BCUT2D eigenvalue weighted by Gasteiger charge is -2.21. The minimum absolute atomic E-state index is 0.596. The van der Waals surface area contributed by atoms with Crippen LogP contribution >= 0.6 is 0 Å². The molecule has 0 radical (unpaired) electrons. The second-order valence-corrected chi connectivity index (χ2v) is 4.75. The molecule has 17 heavy (non-hydrogen) atoms. The molecule has 1 heterocycles. The number of rotatable bonds is 3. The van der Waals surface area contributed by atoms with E-state index in [1.165, 1.54) is 0 Å². The van der Waals surface area contributed by atoms with Crippen LogP contribution < -0.4 is 10.6 Å². The van der Waals surface area contributed by atoms with Gasteiger partial charge in [0.2, 0.25) is 0 Å². The van der Waals surface area contributed by atoms with Gasteiger partial charge in [-0.3, -0.25) is 0 Å². The molecule has 0 bridgehead atoms. The molecule has 4 heteroatoms. The van der Waals surface area contributed by atoms with Gasteiger partial charge in [-0.05, 0) is 24.1 Å². The van der Waals surface area contributed by atoms with Crippen LogP contribution in [0.25, 0.3) is 10.9 Å². The molecule has 0 aliphatic carbocycles. The van der Waals surface area contributed by atoms with Crippen molar-refractivity contribution in [1.82, 2.24) is 9.97 Å². The van der Waals surface area contributed by atoms with Crippen molar-refractivity contribution in [3.05, 3.63) is 24.5 Å². The Labute approximate surface area is 101 Å². The summed E-state index contributed by atoms with van der Waals surface area (Å²) < 4.78 is 0. The molecule has 0 saturated carbocycles. The molecule has 0 atom stereocenters. The van der Waals surface area contributed by atoms with Crippen LogP contribution in [0.1, 0.15) is 13.8 Å². The van der Waals surface area contributed by atoms with Crippen molar-refractivity contribution in [2.24, 2.45) is 5.92 Å². The van der Waals surface area contributed by atoms with Gasteiger partial charge in [-0.1, -0.05) is 13.8 Å². The van der Waals surface area contributed by atoms with Gasteiger partial charge in [0.15, 0.2) is 0 Å². The van der Waals surface area contributed by atoms with Crippen molar-refractivity contribution < 1.29 is 0 Å². The number of benzene rings is 1. The lowest BCUT2D eigenvalue weighted by atomic mass is 10.2. The molecular weight excluding hydrogens is 212 g/mol. The van der Waals surface area contributed by atoms with Crippen molar-refractivity contribution in [2.45, 2.75) is 13.8 Å². The lowest BCUT2D eigenvalue weighted by molar-refractivity contribution is 0.635. The van der Waals surface area contributed by atoms with E-state index in [0.29, 0.717) is 5.92 Å². The molecule has 4 nitrogen and oxygen atoms in total. The van der Waals surface area contributed by atoms with Crippen LogP contribution in [0.15, 0.2) is 24.5 Å². The van der Waals surface area contributed by atoms with Crippen LogP contribution in [-0.2, 0) is 0 Å². The molecule has 0 saturated heterocycles. The van der Waals surface area contributed by atoms with Crippen molar-refractivity contribution in [2.75, 3.05) is 24.2 Å². The number of hydrogen-bond acceptors (Lipinski definition) is 4. The highest BCUT2D eigenvalue weighted by atomic mass is 15.2. The number of anilines is 2. The fraction of sp³-hybridized carbons (Fsp3) is 0.385. The summed E-state index contributed by atoms with van der Waals surface area (Å²) >= 11 is 0. The molecule has 1 aromatic carbocycles. The average molecular weight is 230 g/mol. The first kappa shape index (κ1) is 11.6. The highest BCUT2D eigenvalue weighted by Gasteiger charge is 2.09. The van der Waals surface area contributed by atoms with E-state index in [1.54, 1.807) is 6.33 Å². The summed E-state index contributed by atoms with van der Waals surface area (Å²) in [6, 6.07) is 5.75. The molecule has 0 spiro atoms. The first-order chi connectivity index (χ1) is 8.08. The predicted molar refractivity (Wildman–Crippen MR) is 72.1 cm³/mol. The Morgan fingerprint density at radius 1 is 1.29 bits per heavy atom. The van der Waals surface area contributed by atoms with E-state index in [4.69, 9.17) is 5.73 Å². The SMILES string of the molecule is CC(C)CN(C)c1ncnc2cc(N)ccc12. The van der Waals surface area contributed by atoms with Crippen LogP contribution in [0.4, 0.5) is 11.5 Å². The number of hydrogen-bond donors (Lipinski definition) is 1. The second-order valence-electron chi connectivity index (χ2n) is 4.75. The zero-order chi connectivity index (χ0) is 12.4. The maximum absolute atomic E-state index is 5.76. The van der Waals surface area contributed by atoms with E-state index in [-0.39, 0.29) is 0 Å². The third-order valence-corrected chi connectivity index (χ3v) is 2.64. The summed E-state index contributed by atoms with van der Waals surface area (Å²) in [5, 5.41) is 1.05. The molecule has 0 aliphatic rings.